The zero-order chi connectivity index (χ0) is 14.4. The van der Waals surface area contributed by atoms with Gasteiger partial charge in [0, 0.05) is 25.4 Å². The highest BCUT2D eigenvalue weighted by atomic mass is 19.4. The maximum Gasteiger partial charge on any atom is 0.389 e. The number of para-hydroxylation sites is 1. The number of halogens is 3. The summed E-state index contributed by atoms with van der Waals surface area (Å²) >= 11 is 0. The molecule has 0 aliphatic carbocycles. The van der Waals surface area contributed by atoms with Gasteiger partial charge in [-0.05, 0) is 30.7 Å². The Hall–Kier alpha value is -1.82. The summed E-state index contributed by atoms with van der Waals surface area (Å²) in [6.07, 6.45) is -1.21. The molecule has 0 atom stereocenters. The molecule has 0 spiro atoms. The number of nitrogens with one attached hydrogen (secondary N) is 1. The molecule has 1 N–H and O–H groups in total. The lowest BCUT2D eigenvalue weighted by Crippen LogP contribution is -2.18. The van der Waals surface area contributed by atoms with Crippen molar-refractivity contribution in [3.63, 3.8) is 0 Å². The minimum absolute atomic E-state index is 0.0907. The van der Waals surface area contributed by atoms with Crippen molar-refractivity contribution < 1.29 is 13.2 Å². The Balaban J connectivity index is 1.88. The Labute approximate surface area is 115 Å². The monoisotopic (exact) mass is 283 g/mol. The zero-order valence-corrected chi connectivity index (χ0v) is 10.9. The van der Waals surface area contributed by atoms with Crippen LogP contribution < -0.4 is 5.32 Å². The molecule has 3 nitrogen and oxygen atoms in total. The van der Waals surface area contributed by atoms with Crippen LogP contribution in [0.15, 0.2) is 42.7 Å². The van der Waals surface area contributed by atoms with E-state index in [1.165, 1.54) is 0 Å². The second kappa shape index (κ2) is 6.56. The van der Waals surface area contributed by atoms with Crippen molar-refractivity contribution in [2.24, 2.45) is 0 Å². The molecule has 1 aromatic carbocycles. The highest BCUT2D eigenvalue weighted by Crippen LogP contribution is 2.20. The van der Waals surface area contributed by atoms with E-state index in [4.69, 9.17) is 0 Å². The summed E-state index contributed by atoms with van der Waals surface area (Å²) in [5, 5.41) is 7.20. The molecule has 1 heterocycles. The van der Waals surface area contributed by atoms with Crippen LogP contribution in [0.25, 0.3) is 5.69 Å². The quantitative estimate of drug-likeness (QED) is 0.824. The first-order valence-electron chi connectivity index (χ1n) is 6.42. The predicted molar refractivity (Wildman–Crippen MR) is 70.6 cm³/mol. The standard InChI is InChI=1S/C14H16F3N3/c15-14(16,17)7-3-8-18-11-12-5-1-2-6-13(12)20-10-4-9-19-20/h1-2,4-6,9-10,18H,3,7-8,11H2. The lowest BCUT2D eigenvalue weighted by molar-refractivity contribution is -0.135. The van der Waals surface area contributed by atoms with Crippen LogP contribution in [0.4, 0.5) is 13.2 Å². The van der Waals surface area contributed by atoms with E-state index in [0.717, 1.165) is 11.3 Å². The molecule has 0 aliphatic heterocycles. The third-order valence-electron chi connectivity index (χ3n) is 2.87. The fourth-order valence-corrected chi connectivity index (χ4v) is 1.93. The normalized spacial score (nSPS) is 11.8. The molecule has 0 amide bonds. The Morgan fingerprint density at radius 1 is 1.15 bits per heavy atom. The van der Waals surface area contributed by atoms with Crippen molar-refractivity contribution >= 4 is 0 Å². The van der Waals surface area contributed by atoms with Crippen LogP contribution in [-0.4, -0.2) is 22.5 Å². The average molecular weight is 283 g/mol. The number of hydrogen-bond donors (Lipinski definition) is 1. The molecule has 1 aromatic heterocycles. The van der Waals surface area contributed by atoms with Gasteiger partial charge < -0.3 is 5.32 Å². The Kier molecular flexibility index (Phi) is 4.79. The first kappa shape index (κ1) is 14.6. The first-order chi connectivity index (χ1) is 9.56. The van der Waals surface area contributed by atoms with Gasteiger partial charge in [-0.2, -0.15) is 18.3 Å². The number of alkyl halides is 3. The van der Waals surface area contributed by atoms with E-state index in [1.54, 1.807) is 10.9 Å². The highest BCUT2D eigenvalue weighted by Gasteiger charge is 2.25. The van der Waals surface area contributed by atoms with E-state index in [0.29, 0.717) is 13.1 Å². The minimum Gasteiger partial charge on any atom is -0.313 e. The van der Waals surface area contributed by atoms with Gasteiger partial charge in [0.05, 0.1) is 5.69 Å². The van der Waals surface area contributed by atoms with E-state index in [1.807, 2.05) is 36.5 Å². The van der Waals surface area contributed by atoms with E-state index >= 15 is 0 Å². The molecule has 108 valence electrons. The predicted octanol–water partition coefficient (Wildman–Crippen LogP) is 3.30. The van der Waals surface area contributed by atoms with Crippen molar-refractivity contribution in [1.29, 1.82) is 0 Å². The number of benzene rings is 1. The molecular formula is C14H16F3N3. The molecule has 0 saturated heterocycles. The molecule has 0 unspecified atom stereocenters. The molecule has 0 saturated carbocycles. The van der Waals surface area contributed by atoms with Crippen LogP contribution in [-0.2, 0) is 6.54 Å². The van der Waals surface area contributed by atoms with Crippen molar-refractivity contribution in [1.82, 2.24) is 15.1 Å². The highest BCUT2D eigenvalue weighted by molar-refractivity contribution is 5.40. The number of hydrogen-bond acceptors (Lipinski definition) is 2. The molecule has 20 heavy (non-hydrogen) atoms. The molecule has 2 aromatic rings. The lowest BCUT2D eigenvalue weighted by Gasteiger charge is -2.11. The van der Waals surface area contributed by atoms with Gasteiger partial charge in [-0.3, -0.25) is 0 Å². The van der Waals surface area contributed by atoms with Crippen LogP contribution in [0.2, 0.25) is 0 Å². The number of rotatable bonds is 6. The Bertz CT molecular complexity index is 521. The largest absolute Gasteiger partial charge is 0.389 e. The fraction of sp³-hybridized carbons (Fsp3) is 0.357. The van der Waals surface area contributed by atoms with Gasteiger partial charge in [0.15, 0.2) is 0 Å². The van der Waals surface area contributed by atoms with Crippen molar-refractivity contribution in [2.75, 3.05) is 6.54 Å². The number of aromatic nitrogens is 2. The molecular weight excluding hydrogens is 267 g/mol. The first-order valence-corrected chi connectivity index (χ1v) is 6.42. The maximum atomic E-state index is 12.0. The van der Waals surface area contributed by atoms with Gasteiger partial charge in [-0.1, -0.05) is 18.2 Å². The SMILES string of the molecule is FC(F)(F)CCCNCc1ccccc1-n1cccn1. The van der Waals surface area contributed by atoms with Crippen LogP contribution >= 0.6 is 0 Å². The van der Waals surface area contributed by atoms with E-state index < -0.39 is 12.6 Å². The van der Waals surface area contributed by atoms with Crippen molar-refractivity contribution in [3.8, 4) is 5.69 Å². The summed E-state index contributed by atoms with van der Waals surface area (Å²) in [6.45, 7) is 0.862. The number of nitrogens with zero attached hydrogens (tertiary/aromatic N) is 2. The van der Waals surface area contributed by atoms with E-state index in [9.17, 15) is 13.2 Å². The van der Waals surface area contributed by atoms with Gasteiger partial charge in [0.25, 0.3) is 0 Å². The van der Waals surface area contributed by atoms with Crippen LogP contribution in [0, 0.1) is 0 Å². The molecule has 0 aliphatic rings. The molecule has 0 bridgehead atoms. The van der Waals surface area contributed by atoms with E-state index in [2.05, 4.69) is 10.4 Å². The van der Waals surface area contributed by atoms with Crippen molar-refractivity contribution in [3.05, 3.63) is 48.3 Å². The molecule has 2 rings (SSSR count). The summed E-state index contributed by atoms with van der Waals surface area (Å²) in [5.41, 5.74) is 1.93. The third kappa shape index (κ3) is 4.38. The molecule has 6 heteroatoms. The smallest absolute Gasteiger partial charge is 0.313 e. The van der Waals surface area contributed by atoms with Crippen LogP contribution in [0.3, 0.4) is 0 Å². The van der Waals surface area contributed by atoms with Crippen LogP contribution in [0.5, 0.6) is 0 Å². The van der Waals surface area contributed by atoms with E-state index in [-0.39, 0.29) is 6.42 Å². The molecule has 0 radical (unpaired) electrons. The maximum absolute atomic E-state index is 12.0. The average Bonchev–Trinajstić information content (AvgIpc) is 2.91. The van der Waals surface area contributed by atoms with Gasteiger partial charge in [0.2, 0.25) is 0 Å². The summed E-state index contributed by atoms with van der Waals surface area (Å²) in [7, 11) is 0. The Morgan fingerprint density at radius 3 is 2.65 bits per heavy atom. The summed E-state index contributed by atoms with van der Waals surface area (Å²) < 4.78 is 37.8. The van der Waals surface area contributed by atoms with Crippen LogP contribution in [0.1, 0.15) is 18.4 Å². The topological polar surface area (TPSA) is 29.9 Å². The van der Waals surface area contributed by atoms with Gasteiger partial charge >= 0.3 is 6.18 Å². The zero-order valence-electron chi connectivity index (χ0n) is 10.9. The molecule has 0 fully saturated rings. The third-order valence-corrected chi connectivity index (χ3v) is 2.87. The van der Waals surface area contributed by atoms with Crippen molar-refractivity contribution in [2.45, 2.75) is 25.6 Å². The summed E-state index contributed by atoms with van der Waals surface area (Å²) in [4.78, 5) is 0. The van der Waals surface area contributed by atoms with Gasteiger partial charge in [-0.25, -0.2) is 4.68 Å². The minimum atomic E-state index is -4.07. The second-order valence-electron chi connectivity index (χ2n) is 4.47. The summed E-state index contributed by atoms with van der Waals surface area (Å²) in [5.74, 6) is 0. The lowest BCUT2D eigenvalue weighted by atomic mass is 10.1. The van der Waals surface area contributed by atoms with Gasteiger partial charge in [0.1, 0.15) is 0 Å². The fourth-order valence-electron chi connectivity index (χ4n) is 1.93. The van der Waals surface area contributed by atoms with Gasteiger partial charge in [-0.15, -0.1) is 0 Å². The Morgan fingerprint density at radius 2 is 1.95 bits per heavy atom. The second-order valence-corrected chi connectivity index (χ2v) is 4.47. The summed E-state index contributed by atoms with van der Waals surface area (Å²) in [6, 6.07) is 9.50.